The van der Waals surface area contributed by atoms with Crippen LogP contribution in [-0.2, 0) is 6.42 Å². The third-order valence-electron chi connectivity index (χ3n) is 3.50. The van der Waals surface area contributed by atoms with Gasteiger partial charge < -0.3 is 14.6 Å². The summed E-state index contributed by atoms with van der Waals surface area (Å²) in [6.45, 7) is 3.92. The molecule has 0 amide bonds. The number of aryl methyl sites for hydroxylation is 1. The highest BCUT2D eigenvalue weighted by atomic mass is 35.5. The molecule has 3 N–H and O–H groups in total. The number of hydrogen-bond donors (Lipinski definition) is 3. The molecule has 1 aromatic heterocycles. The van der Waals surface area contributed by atoms with Gasteiger partial charge in [-0.3, -0.25) is 9.78 Å². The molecule has 0 unspecified atom stereocenters. The Hall–Kier alpha value is -2.58. The lowest BCUT2D eigenvalue weighted by Gasteiger charge is -2.11. The maximum atomic E-state index is 12.0. The lowest BCUT2D eigenvalue weighted by Crippen LogP contribution is -2.19. The Labute approximate surface area is 155 Å². The number of rotatable bonds is 8. The standard InChI is InChI=1S/C17H21ClN4O4/c1-4-26-14-8-11(7-13(18)15(14)25-3)9-19-22-17-20-10(2)12(5-6-23)16(24)21-17/h7-9,23H,4-6H2,1-3H3,(H2,20,21,22,24)/b19-9-. The first-order valence-electron chi connectivity index (χ1n) is 8.00. The van der Waals surface area contributed by atoms with Gasteiger partial charge in [0.15, 0.2) is 11.5 Å². The predicted molar refractivity (Wildman–Crippen MR) is 101 cm³/mol. The first kappa shape index (κ1) is 19.7. The summed E-state index contributed by atoms with van der Waals surface area (Å²) in [5.74, 6) is 1.18. The number of hydrogen-bond acceptors (Lipinski definition) is 7. The van der Waals surface area contributed by atoms with Gasteiger partial charge in [0.1, 0.15) is 0 Å². The van der Waals surface area contributed by atoms with Crippen LogP contribution in [-0.4, -0.2) is 41.6 Å². The molecular formula is C17H21ClN4O4. The van der Waals surface area contributed by atoms with Crippen LogP contribution in [0.3, 0.4) is 0 Å². The van der Waals surface area contributed by atoms with Gasteiger partial charge in [-0.25, -0.2) is 10.4 Å². The topological polar surface area (TPSA) is 109 Å². The van der Waals surface area contributed by atoms with Gasteiger partial charge in [0, 0.05) is 18.6 Å². The first-order chi connectivity index (χ1) is 12.5. The molecule has 0 saturated heterocycles. The normalized spacial score (nSPS) is 11.0. The van der Waals surface area contributed by atoms with Gasteiger partial charge in [0.2, 0.25) is 5.95 Å². The number of H-pyrrole nitrogens is 1. The number of aliphatic hydroxyl groups is 1. The Morgan fingerprint density at radius 3 is 2.85 bits per heavy atom. The van der Waals surface area contributed by atoms with Crippen LogP contribution in [0.2, 0.25) is 5.02 Å². The summed E-state index contributed by atoms with van der Waals surface area (Å²) in [7, 11) is 1.52. The van der Waals surface area contributed by atoms with E-state index in [4.69, 9.17) is 26.2 Å². The van der Waals surface area contributed by atoms with Crippen LogP contribution in [0.4, 0.5) is 5.95 Å². The SMILES string of the molecule is CCOc1cc(/C=N\Nc2nc(C)c(CCO)c(=O)[nH]2)cc(Cl)c1OC. The van der Waals surface area contributed by atoms with E-state index in [9.17, 15) is 4.79 Å². The highest BCUT2D eigenvalue weighted by molar-refractivity contribution is 6.32. The number of methoxy groups -OCH3 is 1. The molecule has 140 valence electrons. The van der Waals surface area contributed by atoms with E-state index in [1.54, 1.807) is 19.1 Å². The van der Waals surface area contributed by atoms with Gasteiger partial charge in [-0.1, -0.05) is 11.6 Å². The van der Waals surface area contributed by atoms with Crippen LogP contribution in [0.25, 0.3) is 0 Å². The minimum Gasteiger partial charge on any atom is -0.491 e. The molecule has 9 heteroatoms. The average molecular weight is 381 g/mol. The molecule has 2 aromatic rings. The van der Waals surface area contributed by atoms with E-state index < -0.39 is 0 Å². The fourth-order valence-corrected chi connectivity index (χ4v) is 2.66. The molecule has 0 spiro atoms. The summed E-state index contributed by atoms with van der Waals surface area (Å²) in [5, 5.41) is 13.4. The molecule has 0 aliphatic rings. The van der Waals surface area contributed by atoms with E-state index in [1.165, 1.54) is 13.3 Å². The van der Waals surface area contributed by atoms with Crippen molar-refractivity contribution >= 4 is 23.8 Å². The molecule has 2 rings (SSSR count). The number of aliphatic hydroxyl groups excluding tert-OH is 1. The number of hydrazone groups is 1. The molecule has 0 atom stereocenters. The van der Waals surface area contributed by atoms with Crippen LogP contribution in [0.15, 0.2) is 22.0 Å². The van der Waals surface area contributed by atoms with Crippen molar-refractivity contribution in [3.63, 3.8) is 0 Å². The smallest absolute Gasteiger partial charge is 0.255 e. The first-order valence-corrected chi connectivity index (χ1v) is 8.38. The van der Waals surface area contributed by atoms with E-state index in [-0.39, 0.29) is 24.5 Å². The van der Waals surface area contributed by atoms with Crippen molar-refractivity contribution < 1.29 is 14.6 Å². The van der Waals surface area contributed by atoms with Crippen LogP contribution < -0.4 is 20.5 Å². The zero-order chi connectivity index (χ0) is 19.1. The highest BCUT2D eigenvalue weighted by Crippen LogP contribution is 2.35. The van der Waals surface area contributed by atoms with Crippen molar-refractivity contribution in [3.05, 3.63) is 44.3 Å². The fraction of sp³-hybridized carbons (Fsp3) is 0.353. The number of nitrogens with zero attached hydrogens (tertiary/aromatic N) is 2. The van der Waals surface area contributed by atoms with Crippen molar-refractivity contribution in [2.45, 2.75) is 20.3 Å². The molecule has 1 aromatic carbocycles. The van der Waals surface area contributed by atoms with E-state index in [1.807, 2.05) is 6.92 Å². The van der Waals surface area contributed by atoms with Crippen molar-refractivity contribution in [3.8, 4) is 11.5 Å². The predicted octanol–water partition coefficient (Wildman–Crippen LogP) is 2.12. The second-order valence-corrected chi connectivity index (χ2v) is 5.70. The molecule has 0 aliphatic carbocycles. The van der Waals surface area contributed by atoms with Crippen molar-refractivity contribution in [1.29, 1.82) is 0 Å². The van der Waals surface area contributed by atoms with Crippen LogP contribution in [0, 0.1) is 6.92 Å². The van der Waals surface area contributed by atoms with Crippen molar-refractivity contribution in [2.75, 3.05) is 25.7 Å². The lowest BCUT2D eigenvalue weighted by atomic mass is 10.2. The summed E-state index contributed by atoms with van der Waals surface area (Å²) >= 11 is 6.19. The Bertz CT molecular complexity index is 851. The summed E-state index contributed by atoms with van der Waals surface area (Å²) < 4.78 is 10.7. The molecule has 26 heavy (non-hydrogen) atoms. The van der Waals surface area contributed by atoms with Gasteiger partial charge in [-0.15, -0.1) is 0 Å². The van der Waals surface area contributed by atoms with Crippen LogP contribution in [0.5, 0.6) is 11.5 Å². The molecule has 1 heterocycles. The lowest BCUT2D eigenvalue weighted by molar-refractivity contribution is 0.298. The van der Waals surface area contributed by atoms with E-state index in [0.29, 0.717) is 39.9 Å². The second-order valence-electron chi connectivity index (χ2n) is 5.29. The van der Waals surface area contributed by atoms with Crippen LogP contribution >= 0.6 is 11.6 Å². The minimum atomic E-state index is -0.310. The summed E-state index contributed by atoms with van der Waals surface area (Å²) in [4.78, 5) is 18.8. The number of halogens is 1. The van der Waals surface area contributed by atoms with Crippen molar-refractivity contribution in [1.82, 2.24) is 9.97 Å². The second kappa shape index (κ2) is 9.21. The summed E-state index contributed by atoms with van der Waals surface area (Å²) in [6.07, 6.45) is 1.77. The number of aromatic amines is 1. The Morgan fingerprint density at radius 2 is 2.23 bits per heavy atom. The van der Waals surface area contributed by atoms with E-state index >= 15 is 0 Å². The molecular weight excluding hydrogens is 360 g/mol. The van der Waals surface area contributed by atoms with Crippen molar-refractivity contribution in [2.24, 2.45) is 5.10 Å². The number of anilines is 1. The van der Waals surface area contributed by atoms with Gasteiger partial charge in [-0.2, -0.15) is 5.10 Å². The molecule has 0 saturated carbocycles. The summed E-state index contributed by atoms with van der Waals surface area (Å²) in [5.41, 5.74) is 4.03. The van der Waals surface area contributed by atoms with E-state index in [0.717, 1.165) is 0 Å². The summed E-state index contributed by atoms with van der Waals surface area (Å²) in [6, 6.07) is 3.42. The quantitative estimate of drug-likeness (QED) is 0.478. The van der Waals surface area contributed by atoms with Gasteiger partial charge in [-0.05, 0) is 31.5 Å². The van der Waals surface area contributed by atoms with Gasteiger partial charge >= 0.3 is 0 Å². The largest absolute Gasteiger partial charge is 0.491 e. The van der Waals surface area contributed by atoms with E-state index in [2.05, 4.69) is 20.5 Å². The monoisotopic (exact) mass is 380 g/mol. The van der Waals surface area contributed by atoms with Gasteiger partial charge in [0.05, 0.1) is 30.6 Å². The molecule has 8 nitrogen and oxygen atoms in total. The molecule has 0 bridgehead atoms. The maximum Gasteiger partial charge on any atom is 0.255 e. The number of nitrogens with one attached hydrogen (secondary N) is 2. The Morgan fingerprint density at radius 1 is 1.46 bits per heavy atom. The van der Waals surface area contributed by atoms with Gasteiger partial charge in [0.25, 0.3) is 5.56 Å². The fourth-order valence-electron chi connectivity index (χ4n) is 2.36. The third-order valence-corrected chi connectivity index (χ3v) is 3.78. The molecule has 0 radical (unpaired) electrons. The minimum absolute atomic E-state index is 0.114. The Balaban J connectivity index is 2.19. The molecule has 0 fully saturated rings. The third kappa shape index (κ3) is 4.74. The number of ether oxygens (including phenoxy) is 2. The van der Waals surface area contributed by atoms with Crippen LogP contribution in [0.1, 0.15) is 23.7 Å². The number of benzene rings is 1. The Kier molecular flexibility index (Phi) is 6.99. The zero-order valence-electron chi connectivity index (χ0n) is 14.8. The zero-order valence-corrected chi connectivity index (χ0v) is 15.6. The molecule has 0 aliphatic heterocycles. The maximum absolute atomic E-state index is 12.0. The average Bonchev–Trinajstić information content (AvgIpc) is 2.58. The number of aromatic nitrogens is 2. The highest BCUT2D eigenvalue weighted by Gasteiger charge is 2.11.